The van der Waals surface area contributed by atoms with Crippen molar-refractivity contribution in [3.63, 3.8) is 0 Å². The van der Waals surface area contributed by atoms with Gasteiger partial charge in [-0.15, -0.1) is 11.3 Å². The Kier molecular flexibility index (Phi) is 3.18. The zero-order valence-corrected chi connectivity index (χ0v) is 12.7. The average Bonchev–Trinajstić information content (AvgIpc) is 2.76. The molecule has 0 bridgehead atoms. The standard InChI is InChI=1S/C16H17N3S/c1-9(2)11-4-6-12(7-5-11)13-10(3)20-16-14(13)15(17)18-8-19-16/h4-9H,1-3H3,(H2,17,18,19). The lowest BCUT2D eigenvalue weighted by Crippen LogP contribution is -1.92. The molecule has 3 aromatic rings. The maximum atomic E-state index is 6.04. The summed E-state index contributed by atoms with van der Waals surface area (Å²) in [6.07, 6.45) is 1.53. The Morgan fingerprint density at radius 1 is 1.10 bits per heavy atom. The number of aromatic nitrogens is 2. The van der Waals surface area contributed by atoms with Crippen molar-refractivity contribution in [2.24, 2.45) is 0 Å². The van der Waals surface area contributed by atoms with E-state index in [1.807, 2.05) is 0 Å². The van der Waals surface area contributed by atoms with E-state index in [-0.39, 0.29) is 0 Å². The second kappa shape index (κ2) is 4.87. The molecule has 0 unspecified atom stereocenters. The van der Waals surface area contributed by atoms with Gasteiger partial charge in [-0.05, 0) is 24.0 Å². The Hall–Kier alpha value is -1.94. The fourth-order valence-corrected chi connectivity index (χ4v) is 3.47. The largest absolute Gasteiger partial charge is 0.383 e. The summed E-state index contributed by atoms with van der Waals surface area (Å²) in [6, 6.07) is 8.69. The van der Waals surface area contributed by atoms with Crippen molar-refractivity contribution in [3.05, 3.63) is 41.0 Å². The van der Waals surface area contributed by atoms with E-state index in [1.54, 1.807) is 11.3 Å². The average molecular weight is 283 g/mol. The molecule has 4 heteroatoms. The van der Waals surface area contributed by atoms with Gasteiger partial charge in [-0.3, -0.25) is 0 Å². The van der Waals surface area contributed by atoms with Crippen LogP contribution >= 0.6 is 11.3 Å². The van der Waals surface area contributed by atoms with Gasteiger partial charge in [0.25, 0.3) is 0 Å². The number of nitrogen functional groups attached to an aromatic ring is 1. The third kappa shape index (κ3) is 2.06. The number of nitrogens with zero attached hydrogens (tertiary/aromatic N) is 2. The van der Waals surface area contributed by atoms with E-state index >= 15 is 0 Å². The highest BCUT2D eigenvalue weighted by molar-refractivity contribution is 7.19. The first-order valence-electron chi connectivity index (χ1n) is 6.68. The molecule has 0 fully saturated rings. The van der Waals surface area contributed by atoms with Crippen LogP contribution in [0.15, 0.2) is 30.6 Å². The number of benzene rings is 1. The second-order valence-corrected chi connectivity index (χ2v) is 6.45. The molecule has 20 heavy (non-hydrogen) atoms. The minimum atomic E-state index is 0.540. The van der Waals surface area contributed by atoms with Crippen molar-refractivity contribution in [1.29, 1.82) is 0 Å². The monoisotopic (exact) mass is 283 g/mol. The summed E-state index contributed by atoms with van der Waals surface area (Å²) in [6.45, 7) is 6.51. The van der Waals surface area contributed by atoms with Crippen LogP contribution < -0.4 is 5.73 Å². The van der Waals surface area contributed by atoms with Crippen LogP contribution in [0, 0.1) is 6.92 Å². The predicted molar refractivity (Wildman–Crippen MR) is 86.1 cm³/mol. The van der Waals surface area contributed by atoms with Crippen LogP contribution in [-0.4, -0.2) is 9.97 Å². The lowest BCUT2D eigenvalue weighted by molar-refractivity contribution is 0.867. The van der Waals surface area contributed by atoms with Crippen molar-refractivity contribution in [1.82, 2.24) is 9.97 Å². The molecule has 0 saturated carbocycles. The Labute approximate surface area is 122 Å². The van der Waals surface area contributed by atoms with Crippen molar-refractivity contribution >= 4 is 27.4 Å². The van der Waals surface area contributed by atoms with Crippen LogP contribution in [0.4, 0.5) is 5.82 Å². The van der Waals surface area contributed by atoms with Gasteiger partial charge >= 0.3 is 0 Å². The van der Waals surface area contributed by atoms with E-state index < -0.39 is 0 Å². The van der Waals surface area contributed by atoms with Gasteiger partial charge in [0.05, 0.1) is 5.39 Å². The molecular weight excluding hydrogens is 266 g/mol. The van der Waals surface area contributed by atoms with Gasteiger partial charge in [0, 0.05) is 10.4 Å². The number of anilines is 1. The summed E-state index contributed by atoms with van der Waals surface area (Å²) in [5, 5.41) is 0.979. The molecule has 0 spiro atoms. The summed E-state index contributed by atoms with van der Waals surface area (Å²) >= 11 is 1.67. The lowest BCUT2D eigenvalue weighted by atomic mass is 9.98. The van der Waals surface area contributed by atoms with Crippen LogP contribution in [-0.2, 0) is 0 Å². The zero-order valence-electron chi connectivity index (χ0n) is 11.8. The SMILES string of the molecule is Cc1sc2ncnc(N)c2c1-c1ccc(C(C)C)cc1. The molecule has 0 amide bonds. The minimum absolute atomic E-state index is 0.540. The third-order valence-corrected chi connectivity index (χ3v) is 4.57. The van der Waals surface area contributed by atoms with Crippen LogP contribution in [0.25, 0.3) is 21.3 Å². The zero-order chi connectivity index (χ0) is 14.3. The molecule has 0 aliphatic heterocycles. The number of hydrogen-bond donors (Lipinski definition) is 1. The number of hydrogen-bond acceptors (Lipinski definition) is 4. The highest BCUT2D eigenvalue weighted by atomic mass is 32.1. The minimum Gasteiger partial charge on any atom is -0.383 e. The molecule has 2 heterocycles. The summed E-state index contributed by atoms with van der Waals surface area (Å²) in [5.74, 6) is 1.10. The number of aryl methyl sites for hydroxylation is 1. The molecule has 0 radical (unpaired) electrons. The molecular formula is C16H17N3S. The van der Waals surface area contributed by atoms with Gasteiger partial charge in [0.2, 0.25) is 0 Å². The van der Waals surface area contributed by atoms with E-state index in [1.165, 1.54) is 27.9 Å². The Morgan fingerprint density at radius 2 is 1.80 bits per heavy atom. The molecule has 102 valence electrons. The topological polar surface area (TPSA) is 51.8 Å². The van der Waals surface area contributed by atoms with Gasteiger partial charge in [0.15, 0.2) is 0 Å². The number of nitrogens with two attached hydrogens (primary N) is 1. The Morgan fingerprint density at radius 3 is 2.45 bits per heavy atom. The number of fused-ring (bicyclic) bond motifs is 1. The first-order valence-corrected chi connectivity index (χ1v) is 7.49. The maximum Gasteiger partial charge on any atom is 0.136 e. The first-order chi connectivity index (χ1) is 9.58. The lowest BCUT2D eigenvalue weighted by Gasteiger charge is -2.08. The number of thiophene rings is 1. The molecule has 1 aromatic carbocycles. The molecule has 3 nitrogen and oxygen atoms in total. The van der Waals surface area contributed by atoms with E-state index in [0.29, 0.717) is 11.7 Å². The Balaban J connectivity index is 2.21. The van der Waals surface area contributed by atoms with Gasteiger partial charge in [-0.25, -0.2) is 9.97 Å². The first kappa shape index (κ1) is 13.1. The molecule has 0 saturated heterocycles. The van der Waals surface area contributed by atoms with E-state index in [4.69, 9.17) is 5.73 Å². The van der Waals surface area contributed by atoms with E-state index in [0.717, 1.165) is 10.2 Å². The molecule has 2 aromatic heterocycles. The van der Waals surface area contributed by atoms with Gasteiger partial charge < -0.3 is 5.73 Å². The normalized spacial score (nSPS) is 11.4. The molecule has 3 rings (SSSR count). The maximum absolute atomic E-state index is 6.04. The Bertz CT molecular complexity index is 757. The molecule has 0 atom stereocenters. The summed E-state index contributed by atoms with van der Waals surface area (Å²) in [5.41, 5.74) is 9.73. The number of rotatable bonds is 2. The quantitative estimate of drug-likeness (QED) is 0.759. The second-order valence-electron chi connectivity index (χ2n) is 5.25. The van der Waals surface area contributed by atoms with Crippen molar-refractivity contribution < 1.29 is 0 Å². The van der Waals surface area contributed by atoms with Gasteiger partial charge in [-0.1, -0.05) is 38.1 Å². The van der Waals surface area contributed by atoms with Crippen LogP contribution in [0.3, 0.4) is 0 Å². The van der Waals surface area contributed by atoms with E-state index in [9.17, 15) is 0 Å². The molecule has 0 aliphatic rings. The van der Waals surface area contributed by atoms with E-state index in [2.05, 4.69) is 55.0 Å². The van der Waals surface area contributed by atoms with Crippen LogP contribution in [0.5, 0.6) is 0 Å². The van der Waals surface area contributed by atoms with Crippen LogP contribution in [0.1, 0.15) is 30.2 Å². The predicted octanol–water partition coefficient (Wildman–Crippen LogP) is 4.37. The third-order valence-electron chi connectivity index (χ3n) is 3.56. The highest BCUT2D eigenvalue weighted by Gasteiger charge is 2.15. The van der Waals surface area contributed by atoms with Crippen molar-refractivity contribution in [3.8, 4) is 11.1 Å². The van der Waals surface area contributed by atoms with Gasteiger partial charge in [0.1, 0.15) is 17.0 Å². The fourth-order valence-electron chi connectivity index (χ4n) is 2.45. The van der Waals surface area contributed by atoms with Crippen LogP contribution in [0.2, 0.25) is 0 Å². The smallest absolute Gasteiger partial charge is 0.136 e. The molecule has 0 aliphatic carbocycles. The summed E-state index contributed by atoms with van der Waals surface area (Å²) in [4.78, 5) is 10.6. The van der Waals surface area contributed by atoms with Crippen molar-refractivity contribution in [2.75, 3.05) is 5.73 Å². The summed E-state index contributed by atoms with van der Waals surface area (Å²) in [7, 11) is 0. The summed E-state index contributed by atoms with van der Waals surface area (Å²) < 4.78 is 0. The fraction of sp³-hybridized carbons (Fsp3) is 0.250. The molecule has 2 N–H and O–H groups in total. The highest BCUT2D eigenvalue weighted by Crippen LogP contribution is 2.39. The van der Waals surface area contributed by atoms with Crippen molar-refractivity contribution in [2.45, 2.75) is 26.7 Å². The van der Waals surface area contributed by atoms with Gasteiger partial charge in [-0.2, -0.15) is 0 Å².